The Balaban J connectivity index is 1.77. The van der Waals surface area contributed by atoms with Gasteiger partial charge in [-0.3, -0.25) is 4.79 Å². The van der Waals surface area contributed by atoms with Crippen LogP contribution in [0.1, 0.15) is 32.0 Å². The minimum absolute atomic E-state index is 0.0384. The fourth-order valence-corrected chi connectivity index (χ4v) is 3.62. The van der Waals surface area contributed by atoms with Crippen molar-refractivity contribution in [3.63, 3.8) is 0 Å². The third-order valence-electron chi connectivity index (χ3n) is 5.11. The monoisotopic (exact) mass is 388 g/mol. The van der Waals surface area contributed by atoms with Gasteiger partial charge in [0.2, 0.25) is 5.91 Å². The number of amides is 1. The maximum absolute atomic E-state index is 11.9. The van der Waals surface area contributed by atoms with Gasteiger partial charge in [0, 0.05) is 43.0 Å². The zero-order valence-electron chi connectivity index (χ0n) is 16.7. The van der Waals surface area contributed by atoms with Crippen molar-refractivity contribution in [2.24, 2.45) is 0 Å². The molecule has 0 fully saturated rings. The molecule has 4 heterocycles. The van der Waals surface area contributed by atoms with Crippen LogP contribution in [0.15, 0.2) is 55.7 Å². The molecule has 0 spiro atoms. The third-order valence-corrected chi connectivity index (χ3v) is 5.11. The lowest BCUT2D eigenvalue weighted by molar-refractivity contribution is -0.125. The van der Waals surface area contributed by atoms with Crippen molar-refractivity contribution in [2.75, 3.05) is 18.4 Å². The van der Waals surface area contributed by atoms with E-state index < -0.39 is 0 Å². The molecule has 7 heteroatoms. The summed E-state index contributed by atoms with van der Waals surface area (Å²) in [5.74, 6) is 1.39. The highest BCUT2D eigenvalue weighted by Gasteiger charge is 2.20. The number of rotatable bonds is 5. The first-order valence-corrected chi connectivity index (χ1v) is 9.72. The van der Waals surface area contributed by atoms with Crippen molar-refractivity contribution < 1.29 is 4.79 Å². The van der Waals surface area contributed by atoms with E-state index in [0.29, 0.717) is 24.9 Å². The molecule has 0 saturated carbocycles. The normalized spacial score (nSPS) is 14.2. The van der Waals surface area contributed by atoms with Gasteiger partial charge in [-0.25, -0.2) is 15.0 Å². The summed E-state index contributed by atoms with van der Waals surface area (Å²) in [7, 11) is 0. The molecule has 0 atom stereocenters. The van der Waals surface area contributed by atoms with Crippen LogP contribution in [-0.2, 0) is 4.79 Å². The van der Waals surface area contributed by atoms with Crippen LogP contribution in [0.2, 0.25) is 0 Å². The van der Waals surface area contributed by atoms with Crippen LogP contribution >= 0.6 is 0 Å². The second kappa shape index (κ2) is 7.87. The topological polar surface area (TPSA) is 75.9 Å². The summed E-state index contributed by atoms with van der Waals surface area (Å²) in [6, 6.07) is 6.31. The molecular formula is C22H24N6O. The summed E-state index contributed by atoms with van der Waals surface area (Å²) in [5, 5.41) is 4.40. The van der Waals surface area contributed by atoms with Gasteiger partial charge in [0.25, 0.3) is 0 Å². The number of carbonyl (C=O) groups excluding carboxylic acids is 1. The smallest absolute Gasteiger partial charge is 0.246 e. The Morgan fingerprint density at radius 3 is 2.83 bits per heavy atom. The molecule has 29 heavy (non-hydrogen) atoms. The van der Waals surface area contributed by atoms with Crippen LogP contribution in [0.4, 0.5) is 11.6 Å². The van der Waals surface area contributed by atoms with Gasteiger partial charge in [0.1, 0.15) is 18.0 Å². The van der Waals surface area contributed by atoms with Gasteiger partial charge in [-0.1, -0.05) is 12.7 Å². The number of hydrogen-bond acceptors (Lipinski definition) is 5. The van der Waals surface area contributed by atoms with Crippen LogP contribution in [0.5, 0.6) is 0 Å². The summed E-state index contributed by atoms with van der Waals surface area (Å²) < 4.78 is 2.24. The first kappa shape index (κ1) is 18.9. The van der Waals surface area contributed by atoms with Crippen molar-refractivity contribution in [3.8, 4) is 0 Å². The average Bonchev–Trinajstić information content (AvgIpc) is 3.18. The number of nitrogens with one attached hydrogen (secondary N) is 1. The van der Waals surface area contributed by atoms with Crippen LogP contribution in [0.25, 0.3) is 16.5 Å². The molecule has 1 aliphatic rings. The standard InChI is InChI=1S/C22H24N6O/c1-4-21(29)27-10-6-16(7-11-27)22-17-8-12-28(15(2)3)18(17)13-20(26-22)25-19-5-9-23-14-24-19/h4-6,8-9,12-15H,1,7,10-11H2,2-3H3,(H,23,24,25,26). The Bertz CT molecular complexity index is 1080. The summed E-state index contributed by atoms with van der Waals surface area (Å²) >= 11 is 0. The largest absolute Gasteiger partial charge is 0.345 e. The number of pyridine rings is 1. The lowest BCUT2D eigenvalue weighted by Gasteiger charge is -2.25. The molecule has 7 nitrogen and oxygen atoms in total. The zero-order chi connectivity index (χ0) is 20.4. The SMILES string of the molecule is C=CC(=O)N1CC=C(c2nc(Nc3ccncn3)cc3c2ccn3C(C)C)CC1. The number of anilines is 2. The highest BCUT2D eigenvalue weighted by atomic mass is 16.2. The van der Waals surface area contributed by atoms with E-state index in [0.717, 1.165) is 34.4 Å². The van der Waals surface area contributed by atoms with Crippen molar-refractivity contribution >= 4 is 34.0 Å². The van der Waals surface area contributed by atoms with Gasteiger partial charge in [-0.05, 0) is 44.1 Å². The molecule has 0 bridgehead atoms. The molecule has 0 aliphatic carbocycles. The van der Waals surface area contributed by atoms with E-state index in [1.54, 1.807) is 11.1 Å². The number of fused-ring (bicyclic) bond motifs is 1. The van der Waals surface area contributed by atoms with E-state index in [2.05, 4.69) is 64.7 Å². The molecule has 4 rings (SSSR count). The second-order valence-corrected chi connectivity index (χ2v) is 7.29. The van der Waals surface area contributed by atoms with Crippen LogP contribution in [-0.4, -0.2) is 43.4 Å². The molecule has 1 amide bonds. The first-order valence-electron chi connectivity index (χ1n) is 9.72. The second-order valence-electron chi connectivity index (χ2n) is 7.29. The van der Waals surface area contributed by atoms with Crippen molar-refractivity contribution in [3.05, 3.63) is 61.3 Å². The quantitative estimate of drug-likeness (QED) is 0.670. The Hall–Kier alpha value is -3.48. The third kappa shape index (κ3) is 3.76. The molecule has 0 radical (unpaired) electrons. The van der Waals surface area contributed by atoms with Crippen molar-refractivity contribution in [2.45, 2.75) is 26.3 Å². The maximum atomic E-state index is 11.9. The van der Waals surface area contributed by atoms with E-state index in [1.807, 2.05) is 6.07 Å². The molecule has 148 valence electrons. The molecule has 3 aromatic rings. The lowest BCUT2D eigenvalue weighted by atomic mass is 10.0. The minimum atomic E-state index is -0.0384. The highest BCUT2D eigenvalue weighted by molar-refractivity contribution is 5.94. The molecule has 1 aliphatic heterocycles. The molecule has 1 N–H and O–H groups in total. The van der Waals surface area contributed by atoms with Gasteiger partial charge >= 0.3 is 0 Å². The minimum Gasteiger partial charge on any atom is -0.345 e. The van der Waals surface area contributed by atoms with Crippen LogP contribution in [0, 0.1) is 0 Å². The number of hydrogen-bond donors (Lipinski definition) is 1. The fourth-order valence-electron chi connectivity index (χ4n) is 3.62. The van der Waals surface area contributed by atoms with Gasteiger partial charge in [0.15, 0.2) is 0 Å². The summed E-state index contributed by atoms with van der Waals surface area (Å²) in [5.41, 5.74) is 3.21. The summed E-state index contributed by atoms with van der Waals surface area (Å²) in [6.07, 6.45) is 9.52. The fraction of sp³-hybridized carbons (Fsp3) is 0.273. The summed E-state index contributed by atoms with van der Waals surface area (Å²) in [4.78, 5) is 26.8. The van der Waals surface area contributed by atoms with Gasteiger partial charge in [-0.2, -0.15) is 0 Å². The van der Waals surface area contributed by atoms with Crippen molar-refractivity contribution in [1.82, 2.24) is 24.4 Å². The predicted octanol–water partition coefficient (Wildman–Crippen LogP) is 3.95. The molecule has 0 saturated heterocycles. The van der Waals surface area contributed by atoms with Gasteiger partial charge in [-0.15, -0.1) is 0 Å². The lowest BCUT2D eigenvalue weighted by Crippen LogP contribution is -2.33. The van der Waals surface area contributed by atoms with Crippen molar-refractivity contribution in [1.29, 1.82) is 0 Å². The number of aromatic nitrogens is 4. The van der Waals surface area contributed by atoms with E-state index in [-0.39, 0.29) is 5.91 Å². The average molecular weight is 388 g/mol. The Kier molecular flexibility index (Phi) is 5.12. The maximum Gasteiger partial charge on any atom is 0.246 e. The van der Waals surface area contributed by atoms with Crippen LogP contribution in [0.3, 0.4) is 0 Å². The van der Waals surface area contributed by atoms with Gasteiger partial charge < -0.3 is 14.8 Å². The summed E-state index contributed by atoms with van der Waals surface area (Å²) in [6.45, 7) is 9.13. The van der Waals surface area contributed by atoms with E-state index in [9.17, 15) is 4.79 Å². The predicted molar refractivity (Wildman–Crippen MR) is 115 cm³/mol. The first-order chi connectivity index (χ1) is 14.1. The Morgan fingerprint density at radius 1 is 1.31 bits per heavy atom. The molecular weight excluding hydrogens is 364 g/mol. The zero-order valence-corrected chi connectivity index (χ0v) is 16.7. The highest BCUT2D eigenvalue weighted by Crippen LogP contribution is 2.32. The molecule has 3 aromatic heterocycles. The van der Waals surface area contributed by atoms with E-state index in [4.69, 9.17) is 4.98 Å². The Labute approximate surface area is 169 Å². The van der Waals surface area contributed by atoms with Gasteiger partial charge in [0.05, 0.1) is 11.2 Å². The van der Waals surface area contributed by atoms with E-state index in [1.165, 1.54) is 12.4 Å². The Morgan fingerprint density at radius 2 is 2.17 bits per heavy atom. The van der Waals surface area contributed by atoms with Crippen LogP contribution < -0.4 is 5.32 Å². The number of nitrogens with zero attached hydrogens (tertiary/aromatic N) is 5. The van der Waals surface area contributed by atoms with E-state index >= 15 is 0 Å². The number of carbonyl (C=O) groups is 1. The molecule has 0 unspecified atom stereocenters. The molecule has 0 aromatic carbocycles.